The number of carbonyl (C=O) groups excluding carboxylic acids is 1. The summed E-state index contributed by atoms with van der Waals surface area (Å²) >= 11 is 0. The molecule has 1 aromatic heterocycles. The molecule has 2 N–H and O–H groups in total. The lowest BCUT2D eigenvalue weighted by Crippen LogP contribution is -2.40. The van der Waals surface area contributed by atoms with Crippen LogP contribution >= 0.6 is 0 Å². The maximum absolute atomic E-state index is 12.3. The van der Waals surface area contributed by atoms with E-state index in [9.17, 15) is 14.7 Å². The summed E-state index contributed by atoms with van der Waals surface area (Å²) in [5.41, 5.74) is 0.324. The molecule has 0 fully saturated rings. The number of aromatic nitrogens is 2. The molecule has 0 unspecified atom stereocenters. The zero-order chi connectivity index (χ0) is 18.2. The number of ether oxygens (including phenoxy) is 1. The first kappa shape index (κ1) is 18.4. The minimum Gasteiger partial charge on any atom is -0.485 e. The predicted octanol–water partition coefficient (Wildman–Crippen LogP) is 2.33. The van der Waals surface area contributed by atoms with Crippen molar-refractivity contribution in [1.29, 1.82) is 0 Å². The largest absolute Gasteiger partial charge is 0.485 e. The molecule has 0 aliphatic rings. The quantitative estimate of drug-likeness (QED) is 0.715. The Kier molecular flexibility index (Phi) is 6.50. The van der Waals surface area contributed by atoms with Crippen molar-refractivity contribution in [3.63, 3.8) is 0 Å². The molecule has 0 saturated heterocycles. The normalized spacial score (nSPS) is 11.8. The highest BCUT2D eigenvalue weighted by molar-refractivity contribution is 5.96. The lowest BCUT2D eigenvalue weighted by molar-refractivity contribution is -0.139. The maximum Gasteiger partial charge on any atom is 0.326 e. The zero-order valence-electron chi connectivity index (χ0n) is 14.2. The summed E-state index contributed by atoms with van der Waals surface area (Å²) in [5, 5.41) is 15.5. The Morgan fingerprint density at radius 3 is 2.84 bits per heavy atom. The van der Waals surface area contributed by atoms with Crippen LogP contribution in [0.3, 0.4) is 0 Å². The van der Waals surface area contributed by atoms with E-state index in [1.807, 2.05) is 6.92 Å². The van der Waals surface area contributed by atoms with E-state index in [-0.39, 0.29) is 6.61 Å². The smallest absolute Gasteiger partial charge is 0.326 e. The molecule has 0 aliphatic heterocycles. The Hall–Kier alpha value is -2.90. The first-order chi connectivity index (χ1) is 12.0. The maximum atomic E-state index is 12.3. The third-order valence-corrected chi connectivity index (χ3v) is 3.48. The molecule has 8 nitrogen and oxygen atoms in total. The average molecular weight is 347 g/mol. The highest BCUT2D eigenvalue weighted by Gasteiger charge is 2.20. The van der Waals surface area contributed by atoms with Crippen LogP contribution in [0.5, 0.6) is 5.75 Å². The molecule has 1 amide bonds. The van der Waals surface area contributed by atoms with Gasteiger partial charge in [0.25, 0.3) is 5.91 Å². The fraction of sp³-hybridized carbons (Fsp3) is 0.412. The van der Waals surface area contributed by atoms with Gasteiger partial charge in [-0.25, -0.2) is 4.79 Å². The number of hydrogen-bond acceptors (Lipinski definition) is 6. The topological polar surface area (TPSA) is 115 Å². The summed E-state index contributed by atoms with van der Waals surface area (Å²) in [5.74, 6) is -0.196. The lowest BCUT2D eigenvalue weighted by atomic mass is 10.1. The van der Waals surface area contributed by atoms with Gasteiger partial charge >= 0.3 is 5.97 Å². The Morgan fingerprint density at radius 2 is 2.20 bits per heavy atom. The average Bonchev–Trinajstić information content (AvgIpc) is 3.02. The van der Waals surface area contributed by atoms with Crippen molar-refractivity contribution in [3.05, 3.63) is 41.5 Å². The number of amides is 1. The Bertz CT molecular complexity index is 729. The fourth-order valence-corrected chi connectivity index (χ4v) is 2.18. The Labute approximate surface area is 145 Å². The van der Waals surface area contributed by atoms with E-state index in [0.717, 1.165) is 12.8 Å². The summed E-state index contributed by atoms with van der Waals surface area (Å²) in [4.78, 5) is 27.5. The molecule has 1 heterocycles. The first-order valence-corrected chi connectivity index (χ1v) is 8.05. The number of aliphatic carboxylic acids is 1. The van der Waals surface area contributed by atoms with Gasteiger partial charge < -0.3 is 19.7 Å². The molecule has 0 bridgehead atoms. The lowest BCUT2D eigenvalue weighted by Gasteiger charge is -2.14. The molecule has 1 atom stereocenters. The Balaban J connectivity index is 1.98. The summed E-state index contributed by atoms with van der Waals surface area (Å²) in [6.45, 7) is 3.75. The van der Waals surface area contributed by atoms with Gasteiger partial charge in [-0.3, -0.25) is 4.79 Å². The van der Waals surface area contributed by atoms with Crippen molar-refractivity contribution in [2.75, 3.05) is 0 Å². The molecule has 25 heavy (non-hydrogen) atoms. The fourth-order valence-electron chi connectivity index (χ4n) is 2.18. The van der Waals surface area contributed by atoms with E-state index in [1.165, 1.54) is 0 Å². The molecule has 134 valence electrons. The molecular formula is C17H21N3O5. The van der Waals surface area contributed by atoms with Crippen molar-refractivity contribution in [3.8, 4) is 5.75 Å². The number of carboxylic acid groups (broad SMARTS) is 1. The molecular weight excluding hydrogens is 326 g/mol. The summed E-state index contributed by atoms with van der Waals surface area (Å²) in [7, 11) is 0. The van der Waals surface area contributed by atoms with Crippen LogP contribution < -0.4 is 10.1 Å². The number of aryl methyl sites for hydroxylation is 1. The first-order valence-electron chi connectivity index (χ1n) is 8.05. The van der Waals surface area contributed by atoms with Gasteiger partial charge in [-0.2, -0.15) is 4.98 Å². The predicted molar refractivity (Wildman–Crippen MR) is 88.2 cm³/mol. The number of unbranched alkanes of at least 4 members (excludes halogenated alkanes) is 1. The van der Waals surface area contributed by atoms with E-state index >= 15 is 0 Å². The van der Waals surface area contributed by atoms with Gasteiger partial charge in [0, 0.05) is 12.5 Å². The van der Waals surface area contributed by atoms with Crippen molar-refractivity contribution in [1.82, 2.24) is 15.5 Å². The van der Waals surface area contributed by atoms with Gasteiger partial charge in [-0.05, 0) is 24.6 Å². The zero-order valence-corrected chi connectivity index (χ0v) is 14.2. The number of nitrogens with zero attached hydrogens (tertiary/aromatic N) is 2. The van der Waals surface area contributed by atoms with Crippen LogP contribution in [-0.4, -0.2) is 33.2 Å². The summed E-state index contributed by atoms with van der Waals surface area (Å²) in [6.07, 6.45) is 1.98. The molecule has 0 aliphatic carbocycles. The van der Waals surface area contributed by atoms with Crippen LogP contribution in [0.15, 0.2) is 28.8 Å². The minimum atomic E-state index is -1.04. The number of carboxylic acids is 1. The third kappa shape index (κ3) is 5.59. The van der Waals surface area contributed by atoms with E-state index in [0.29, 0.717) is 29.4 Å². The number of carbonyl (C=O) groups is 2. The highest BCUT2D eigenvalue weighted by Crippen LogP contribution is 2.15. The van der Waals surface area contributed by atoms with Gasteiger partial charge in [0.2, 0.25) is 11.7 Å². The number of hydrogen-bond donors (Lipinski definition) is 2. The van der Waals surface area contributed by atoms with Crippen LogP contribution in [0.25, 0.3) is 0 Å². The van der Waals surface area contributed by atoms with Crippen LogP contribution in [0.1, 0.15) is 48.3 Å². The minimum absolute atomic E-state index is 0.108. The van der Waals surface area contributed by atoms with Gasteiger partial charge in [-0.15, -0.1) is 0 Å². The van der Waals surface area contributed by atoms with E-state index in [4.69, 9.17) is 9.26 Å². The molecule has 8 heteroatoms. The highest BCUT2D eigenvalue weighted by atomic mass is 16.5. The van der Waals surface area contributed by atoms with E-state index < -0.39 is 17.9 Å². The van der Waals surface area contributed by atoms with Crippen molar-refractivity contribution < 1.29 is 24.0 Å². The van der Waals surface area contributed by atoms with Gasteiger partial charge in [-0.1, -0.05) is 31.0 Å². The monoisotopic (exact) mass is 347 g/mol. The van der Waals surface area contributed by atoms with Crippen LogP contribution in [0, 0.1) is 6.92 Å². The van der Waals surface area contributed by atoms with E-state index in [1.54, 1.807) is 31.2 Å². The van der Waals surface area contributed by atoms with Crippen LogP contribution in [0.4, 0.5) is 0 Å². The standard InChI is InChI=1S/C17H21N3O5/c1-3-4-8-14(17(22)23)19-16(21)12-6-5-7-13(9-12)24-10-15-18-11(2)25-20-15/h5-7,9,14H,3-4,8,10H2,1-2H3,(H,19,21)(H,22,23)/t14-/m0/s1. The SMILES string of the molecule is CCCC[C@H](NC(=O)c1cccc(OCc2noc(C)n2)c1)C(=O)O. The molecule has 0 spiro atoms. The second kappa shape index (κ2) is 8.81. The molecule has 2 rings (SSSR count). The summed E-state index contributed by atoms with van der Waals surface area (Å²) in [6, 6.07) is 5.59. The van der Waals surface area contributed by atoms with Crippen LogP contribution in [-0.2, 0) is 11.4 Å². The van der Waals surface area contributed by atoms with Crippen molar-refractivity contribution in [2.24, 2.45) is 0 Å². The Morgan fingerprint density at radius 1 is 1.40 bits per heavy atom. The second-order valence-corrected chi connectivity index (χ2v) is 5.55. The van der Waals surface area contributed by atoms with Crippen molar-refractivity contribution >= 4 is 11.9 Å². The number of rotatable bonds is 9. The summed E-state index contributed by atoms with van der Waals surface area (Å²) < 4.78 is 10.4. The van der Waals surface area contributed by atoms with Gasteiger partial charge in [0.1, 0.15) is 11.8 Å². The van der Waals surface area contributed by atoms with Gasteiger partial charge in [0.15, 0.2) is 6.61 Å². The van der Waals surface area contributed by atoms with E-state index in [2.05, 4.69) is 15.5 Å². The number of benzene rings is 1. The molecule has 0 saturated carbocycles. The van der Waals surface area contributed by atoms with Gasteiger partial charge in [0.05, 0.1) is 0 Å². The molecule has 0 radical (unpaired) electrons. The third-order valence-electron chi connectivity index (χ3n) is 3.48. The molecule has 2 aromatic rings. The second-order valence-electron chi connectivity index (χ2n) is 5.55. The van der Waals surface area contributed by atoms with Crippen LogP contribution in [0.2, 0.25) is 0 Å². The van der Waals surface area contributed by atoms with Crippen molar-refractivity contribution in [2.45, 2.75) is 45.8 Å². The number of nitrogens with one attached hydrogen (secondary N) is 1. The molecule has 1 aromatic carbocycles.